The second kappa shape index (κ2) is 7.67. The van der Waals surface area contributed by atoms with Gasteiger partial charge in [0.05, 0.1) is 20.1 Å². The van der Waals surface area contributed by atoms with Crippen LogP contribution in [0.25, 0.3) is 22.0 Å². The number of nitrogens with one attached hydrogen (secondary N) is 1. The Kier molecular flexibility index (Phi) is 4.71. The minimum atomic E-state index is -0.0158. The van der Waals surface area contributed by atoms with Gasteiger partial charge in [0, 0.05) is 16.6 Å². The highest BCUT2D eigenvalue weighted by molar-refractivity contribution is 6.01. The van der Waals surface area contributed by atoms with E-state index in [1.54, 1.807) is 7.11 Å². The third-order valence-electron chi connectivity index (χ3n) is 5.76. The van der Waals surface area contributed by atoms with E-state index in [1.165, 1.54) is 5.82 Å². The highest BCUT2D eigenvalue weighted by Crippen LogP contribution is 2.27. The summed E-state index contributed by atoms with van der Waals surface area (Å²) in [5.41, 5.74) is 3.13. The van der Waals surface area contributed by atoms with E-state index in [4.69, 9.17) is 4.74 Å². The first-order valence-electron chi connectivity index (χ1n) is 10.3. The highest BCUT2D eigenvalue weighted by atomic mass is 16.5. The number of carbonyl (C=O) groups is 1. The molecule has 0 bridgehead atoms. The van der Waals surface area contributed by atoms with Crippen LogP contribution in [0.5, 0.6) is 5.75 Å². The zero-order valence-electron chi connectivity index (χ0n) is 17.0. The number of amides is 1. The molecule has 0 atom stereocenters. The van der Waals surface area contributed by atoms with Gasteiger partial charge < -0.3 is 10.1 Å². The summed E-state index contributed by atoms with van der Waals surface area (Å²) in [4.78, 5) is 12.9. The third-order valence-corrected chi connectivity index (χ3v) is 5.76. The molecule has 1 aliphatic rings. The monoisotopic (exact) mass is 398 g/mol. The van der Waals surface area contributed by atoms with E-state index < -0.39 is 0 Å². The largest absolute Gasteiger partial charge is 0.497 e. The standard InChI is InChI=1S/C25H23N3O2/c1-30-20-13-11-19(12-14-20)23-16-27(25-10-5-15-28(23)25)17-24(29)26-22-9-4-7-18-6-2-3-8-21(18)22/h2-4,6-9,11-14,16H,5,10,15,17H2,1H3/p+1. The van der Waals surface area contributed by atoms with E-state index in [0.717, 1.165) is 52.9 Å². The van der Waals surface area contributed by atoms with Crippen LogP contribution in [0.3, 0.4) is 0 Å². The SMILES string of the molecule is COc1ccc(-c2c[n+](CC(=O)Nc3cccc4ccccc34)c3n2CCC3)cc1. The Morgan fingerprint density at radius 3 is 2.70 bits per heavy atom. The lowest BCUT2D eigenvalue weighted by molar-refractivity contribution is -0.690. The first kappa shape index (κ1) is 18.4. The lowest BCUT2D eigenvalue weighted by atomic mass is 10.1. The fourth-order valence-corrected chi connectivity index (χ4v) is 4.32. The van der Waals surface area contributed by atoms with Crippen LogP contribution >= 0.6 is 0 Å². The van der Waals surface area contributed by atoms with E-state index in [2.05, 4.69) is 44.9 Å². The molecule has 30 heavy (non-hydrogen) atoms. The van der Waals surface area contributed by atoms with Crippen molar-refractivity contribution in [2.45, 2.75) is 25.9 Å². The van der Waals surface area contributed by atoms with Gasteiger partial charge in [-0.15, -0.1) is 0 Å². The summed E-state index contributed by atoms with van der Waals surface area (Å²) in [6.07, 6.45) is 4.18. The van der Waals surface area contributed by atoms with Gasteiger partial charge in [0.15, 0.2) is 12.2 Å². The molecule has 0 fully saturated rings. The number of hydrogen-bond donors (Lipinski definition) is 1. The Labute approximate surface area is 175 Å². The van der Waals surface area contributed by atoms with Crippen LogP contribution in [-0.4, -0.2) is 17.6 Å². The van der Waals surface area contributed by atoms with Gasteiger partial charge in [0.1, 0.15) is 11.9 Å². The molecule has 1 aliphatic heterocycles. The normalized spacial score (nSPS) is 12.7. The number of imidazole rings is 1. The van der Waals surface area contributed by atoms with Gasteiger partial charge in [-0.1, -0.05) is 36.4 Å². The number of methoxy groups -OCH3 is 1. The first-order valence-corrected chi connectivity index (χ1v) is 10.3. The van der Waals surface area contributed by atoms with Crippen molar-refractivity contribution in [2.24, 2.45) is 0 Å². The number of benzene rings is 3. The average Bonchev–Trinajstić information content (AvgIpc) is 3.38. The Morgan fingerprint density at radius 2 is 1.87 bits per heavy atom. The molecule has 0 aliphatic carbocycles. The van der Waals surface area contributed by atoms with Crippen LogP contribution in [0.2, 0.25) is 0 Å². The van der Waals surface area contributed by atoms with E-state index in [9.17, 15) is 4.79 Å². The summed E-state index contributed by atoms with van der Waals surface area (Å²) in [6, 6.07) is 22.2. The van der Waals surface area contributed by atoms with Gasteiger partial charge in [0.25, 0.3) is 11.7 Å². The van der Waals surface area contributed by atoms with E-state index in [0.29, 0.717) is 6.54 Å². The lowest BCUT2D eigenvalue weighted by Gasteiger charge is -2.08. The summed E-state index contributed by atoms with van der Waals surface area (Å²) in [5, 5.41) is 5.28. The smallest absolute Gasteiger partial charge is 0.266 e. The lowest BCUT2D eigenvalue weighted by Crippen LogP contribution is -2.42. The molecule has 5 nitrogen and oxygen atoms in total. The molecule has 1 aromatic heterocycles. The maximum atomic E-state index is 12.9. The number of nitrogens with zero attached hydrogens (tertiary/aromatic N) is 2. The third kappa shape index (κ3) is 3.32. The molecule has 0 spiro atoms. The minimum absolute atomic E-state index is 0.0158. The van der Waals surface area contributed by atoms with Crippen molar-refractivity contribution in [1.29, 1.82) is 0 Å². The number of rotatable bonds is 5. The predicted molar refractivity (Wildman–Crippen MR) is 118 cm³/mol. The van der Waals surface area contributed by atoms with Gasteiger partial charge in [-0.25, -0.2) is 9.13 Å². The highest BCUT2D eigenvalue weighted by Gasteiger charge is 2.29. The van der Waals surface area contributed by atoms with Crippen molar-refractivity contribution >= 4 is 22.4 Å². The molecular formula is C25H24N3O2+. The number of hydrogen-bond acceptors (Lipinski definition) is 2. The van der Waals surface area contributed by atoms with Crippen molar-refractivity contribution in [3.63, 3.8) is 0 Å². The van der Waals surface area contributed by atoms with Crippen molar-refractivity contribution in [2.75, 3.05) is 12.4 Å². The van der Waals surface area contributed by atoms with Gasteiger partial charge in [-0.2, -0.15) is 0 Å². The molecule has 5 rings (SSSR count). The topological polar surface area (TPSA) is 47.1 Å². The van der Waals surface area contributed by atoms with Gasteiger partial charge in [-0.05, 0) is 42.1 Å². The second-order valence-electron chi connectivity index (χ2n) is 7.62. The van der Waals surface area contributed by atoms with Gasteiger partial charge in [-0.3, -0.25) is 4.79 Å². The molecule has 3 aromatic carbocycles. The fraction of sp³-hybridized carbons (Fsp3) is 0.200. The second-order valence-corrected chi connectivity index (χ2v) is 7.62. The van der Waals surface area contributed by atoms with Crippen LogP contribution in [0, 0.1) is 0 Å². The number of carbonyl (C=O) groups excluding carboxylic acids is 1. The van der Waals surface area contributed by atoms with Crippen molar-refractivity contribution < 1.29 is 14.1 Å². The van der Waals surface area contributed by atoms with Crippen molar-refractivity contribution in [3.8, 4) is 17.0 Å². The first-order chi connectivity index (χ1) is 14.7. The summed E-state index contributed by atoms with van der Waals surface area (Å²) < 4.78 is 9.69. The van der Waals surface area contributed by atoms with Crippen LogP contribution in [0.15, 0.2) is 72.9 Å². The molecule has 5 heteroatoms. The predicted octanol–water partition coefficient (Wildman–Crippen LogP) is 4.19. The molecule has 150 valence electrons. The zero-order chi connectivity index (χ0) is 20.5. The van der Waals surface area contributed by atoms with Crippen LogP contribution in [0.1, 0.15) is 12.2 Å². The van der Waals surface area contributed by atoms with Gasteiger partial charge >= 0.3 is 0 Å². The maximum absolute atomic E-state index is 12.9. The maximum Gasteiger partial charge on any atom is 0.266 e. The van der Waals surface area contributed by atoms with Crippen molar-refractivity contribution in [3.05, 3.63) is 78.8 Å². The number of aromatic nitrogens is 2. The molecule has 1 N–H and O–H groups in total. The van der Waals surface area contributed by atoms with E-state index >= 15 is 0 Å². The Bertz CT molecular complexity index is 1220. The zero-order valence-corrected chi connectivity index (χ0v) is 17.0. The summed E-state index contributed by atoms with van der Waals surface area (Å²) in [5.74, 6) is 2.03. The van der Waals surface area contributed by atoms with Crippen LogP contribution < -0.4 is 14.6 Å². The Morgan fingerprint density at radius 1 is 1.07 bits per heavy atom. The Hall–Kier alpha value is -3.60. The van der Waals surface area contributed by atoms with E-state index in [1.807, 2.05) is 42.5 Å². The fourth-order valence-electron chi connectivity index (χ4n) is 4.32. The Balaban J connectivity index is 1.41. The molecular weight excluding hydrogens is 374 g/mol. The summed E-state index contributed by atoms with van der Waals surface area (Å²) in [7, 11) is 1.67. The molecule has 0 saturated carbocycles. The number of fused-ring (bicyclic) bond motifs is 2. The molecule has 4 aromatic rings. The minimum Gasteiger partial charge on any atom is -0.497 e. The molecule has 0 radical (unpaired) electrons. The van der Waals surface area contributed by atoms with E-state index in [-0.39, 0.29) is 5.91 Å². The summed E-state index contributed by atoms with van der Waals surface area (Å²) in [6.45, 7) is 1.28. The average molecular weight is 398 g/mol. The molecule has 0 unspecified atom stereocenters. The molecule has 0 saturated heterocycles. The molecule has 1 amide bonds. The quantitative estimate of drug-likeness (QED) is 0.513. The van der Waals surface area contributed by atoms with Crippen LogP contribution in [0.4, 0.5) is 5.69 Å². The number of ether oxygens (including phenoxy) is 1. The molecule has 2 heterocycles. The van der Waals surface area contributed by atoms with Gasteiger partial charge in [0.2, 0.25) is 0 Å². The van der Waals surface area contributed by atoms with Crippen LogP contribution in [-0.2, 0) is 24.3 Å². The number of anilines is 1. The van der Waals surface area contributed by atoms with Crippen molar-refractivity contribution in [1.82, 2.24) is 4.57 Å². The summed E-state index contributed by atoms with van der Waals surface area (Å²) >= 11 is 0.